The maximum absolute atomic E-state index is 13.6. The van der Waals surface area contributed by atoms with Crippen molar-refractivity contribution < 1.29 is 13.6 Å². The molecule has 24 heavy (non-hydrogen) atoms. The highest BCUT2D eigenvalue weighted by Gasteiger charge is 2.17. The number of hydrogen-bond donors (Lipinski definition) is 2. The fourth-order valence-electron chi connectivity index (χ4n) is 2.40. The molecule has 0 aliphatic carbocycles. The van der Waals surface area contributed by atoms with E-state index in [-0.39, 0.29) is 24.2 Å². The predicted molar refractivity (Wildman–Crippen MR) is 92.0 cm³/mol. The van der Waals surface area contributed by atoms with E-state index in [4.69, 9.17) is 11.6 Å². The van der Waals surface area contributed by atoms with Gasteiger partial charge in [0.05, 0.1) is 12.2 Å². The van der Waals surface area contributed by atoms with E-state index in [1.807, 2.05) is 26.0 Å². The minimum atomic E-state index is -0.804. The highest BCUT2D eigenvalue weighted by molar-refractivity contribution is 6.30. The second kappa shape index (κ2) is 8.22. The lowest BCUT2D eigenvalue weighted by molar-refractivity contribution is -0.115. The van der Waals surface area contributed by atoms with E-state index in [9.17, 15) is 13.6 Å². The number of halogens is 3. The molecule has 2 N–H and O–H groups in total. The molecule has 0 radical (unpaired) electrons. The van der Waals surface area contributed by atoms with E-state index >= 15 is 0 Å². The molecule has 6 heteroatoms. The van der Waals surface area contributed by atoms with Crippen LogP contribution in [0.4, 0.5) is 14.5 Å². The molecule has 0 bridgehead atoms. The molecule has 3 nitrogen and oxygen atoms in total. The first kappa shape index (κ1) is 18.4. The molecule has 0 saturated carbocycles. The maximum Gasteiger partial charge on any atom is 0.238 e. The summed E-state index contributed by atoms with van der Waals surface area (Å²) in [5, 5.41) is 6.23. The topological polar surface area (TPSA) is 41.1 Å². The number of carbonyl (C=O) groups excluding carboxylic acids is 1. The minimum Gasteiger partial charge on any atom is -0.322 e. The van der Waals surface area contributed by atoms with Gasteiger partial charge in [-0.3, -0.25) is 4.79 Å². The first-order chi connectivity index (χ1) is 11.4. The third kappa shape index (κ3) is 5.01. The number of benzene rings is 2. The summed E-state index contributed by atoms with van der Waals surface area (Å²) >= 11 is 5.89. The summed E-state index contributed by atoms with van der Waals surface area (Å²) in [7, 11) is 0. The Kier molecular flexibility index (Phi) is 6.29. The van der Waals surface area contributed by atoms with Gasteiger partial charge in [0.15, 0.2) is 0 Å². The summed E-state index contributed by atoms with van der Waals surface area (Å²) in [4.78, 5) is 12.0. The number of amides is 1. The third-order valence-electron chi connectivity index (χ3n) is 3.58. The number of hydrogen-bond acceptors (Lipinski definition) is 2. The first-order valence-corrected chi connectivity index (χ1v) is 7.98. The van der Waals surface area contributed by atoms with Gasteiger partial charge in [0, 0.05) is 17.1 Å². The van der Waals surface area contributed by atoms with E-state index in [0.717, 1.165) is 17.7 Å². The van der Waals surface area contributed by atoms with Crippen LogP contribution in [0.15, 0.2) is 42.5 Å². The number of rotatable bonds is 6. The van der Waals surface area contributed by atoms with Crippen molar-refractivity contribution in [3.8, 4) is 0 Å². The zero-order valence-electron chi connectivity index (χ0n) is 13.4. The standard InChI is InChI=1S/C18H19ClF2N2O/c1-11(2)18(12-3-5-13(19)6-4-12)22-10-17(24)23-16-8-7-14(20)9-15(16)21/h3-9,11,18,22H,10H2,1-2H3,(H,23,24). The Morgan fingerprint density at radius 2 is 1.79 bits per heavy atom. The van der Waals surface area contributed by atoms with Crippen molar-refractivity contribution in [2.75, 3.05) is 11.9 Å². The van der Waals surface area contributed by atoms with Gasteiger partial charge in [0.1, 0.15) is 11.6 Å². The molecule has 0 fully saturated rings. The minimum absolute atomic E-state index is 0.00227. The Labute approximate surface area is 145 Å². The van der Waals surface area contributed by atoms with Crippen LogP contribution in [0.3, 0.4) is 0 Å². The Balaban J connectivity index is 1.98. The molecule has 1 unspecified atom stereocenters. The second-order valence-electron chi connectivity index (χ2n) is 5.83. The molecule has 1 amide bonds. The Morgan fingerprint density at radius 3 is 2.38 bits per heavy atom. The van der Waals surface area contributed by atoms with Gasteiger partial charge in [0.25, 0.3) is 0 Å². The summed E-state index contributed by atoms with van der Waals surface area (Å²) in [6.07, 6.45) is 0. The average molecular weight is 353 g/mol. The van der Waals surface area contributed by atoms with Crippen molar-refractivity contribution in [1.29, 1.82) is 0 Å². The normalized spacial score (nSPS) is 12.2. The Hall–Kier alpha value is -1.98. The SMILES string of the molecule is CC(C)C(NCC(=O)Nc1ccc(F)cc1F)c1ccc(Cl)cc1. The third-order valence-corrected chi connectivity index (χ3v) is 3.84. The van der Waals surface area contributed by atoms with Crippen molar-refractivity contribution in [3.63, 3.8) is 0 Å². The molecule has 1 atom stereocenters. The van der Waals surface area contributed by atoms with E-state index in [0.29, 0.717) is 5.02 Å². The quantitative estimate of drug-likeness (QED) is 0.801. The van der Waals surface area contributed by atoms with Crippen LogP contribution >= 0.6 is 11.6 Å². The van der Waals surface area contributed by atoms with Crippen molar-refractivity contribution in [2.45, 2.75) is 19.9 Å². The molecule has 0 aromatic heterocycles. The van der Waals surface area contributed by atoms with E-state index in [2.05, 4.69) is 10.6 Å². The van der Waals surface area contributed by atoms with Crippen LogP contribution in [0.2, 0.25) is 5.02 Å². The van der Waals surface area contributed by atoms with Crippen molar-refractivity contribution >= 4 is 23.2 Å². The molecule has 0 spiro atoms. The summed E-state index contributed by atoms with van der Waals surface area (Å²) in [6.45, 7) is 4.07. The lowest BCUT2D eigenvalue weighted by Crippen LogP contribution is -2.33. The van der Waals surface area contributed by atoms with Crippen molar-refractivity contribution in [1.82, 2.24) is 5.32 Å². The molecule has 2 aromatic carbocycles. The van der Waals surface area contributed by atoms with E-state index in [1.54, 1.807) is 12.1 Å². The van der Waals surface area contributed by atoms with Crippen LogP contribution in [-0.2, 0) is 4.79 Å². The molecule has 0 saturated heterocycles. The number of anilines is 1. The van der Waals surface area contributed by atoms with Gasteiger partial charge in [-0.15, -0.1) is 0 Å². The summed E-state index contributed by atoms with van der Waals surface area (Å²) in [5.74, 6) is -1.66. The van der Waals surface area contributed by atoms with Crippen molar-refractivity contribution in [2.24, 2.45) is 5.92 Å². The monoisotopic (exact) mass is 352 g/mol. The van der Waals surface area contributed by atoms with Crippen LogP contribution in [0.5, 0.6) is 0 Å². The largest absolute Gasteiger partial charge is 0.322 e. The molecule has 2 rings (SSSR count). The molecular formula is C18H19ClF2N2O. The van der Waals surface area contributed by atoms with Crippen LogP contribution < -0.4 is 10.6 Å². The summed E-state index contributed by atoms with van der Waals surface area (Å²) < 4.78 is 26.4. The smallest absolute Gasteiger partial charge is 0.238 e. The van der Waals surface area contributed by atoms with Crippen LogP contribution in [0.25, 0.3) is 0 Å². The second-order valence-corrected chi connectivity index (χ2v) is 6.26. The molecule has 0 aliphatic heterocycles. The fraction of sp³-hybridized carbons (Fsp3) is 0.278. The van der Waals surface area contributed by atoms with Gasteiger partial charge < -0.3 is 10.6 Å². The first-order valence-electron chi connectivity index (χ1n) is 7.60. The van der Waals surface area contributed by atoms with Gasteiger partial charge in [-0.2, -0.15) is 0 Å². The molecule has 2 aromatic rings. The summed E-state index contributed by atoms with van der Waals surface area (Å²) in [5.41, 5.74) is 0.964. The van der Waals surface area contributed by atoms with Gasteiger partial charge in [-0.05, 0) is 35.7 Å². The number of carbonyl (C=O) groups is 1. The predicted octanol–water partition coefficient (Wildman–Crippen LogP) is 4.54. The lowest BCUT2D eigenvalue weighted by Gasteiger charge is -2.23. The average Bonchev–Trinajstić information content (AvgIpc) is 2.52. The fourth-order valence-corrected chi connectivity index (χ4v) is 2.52. The molecule has 0 heterocycles. The van der Waals surface area contributed by atoms with Crippen LogP contribution in [0, 0.1) is 17.6 Å². The van der Waals surface area contributed by atoms with E-state index in [1.165, 1.54) is 6.07 Å². The van der Waals surface area contributed by atoms with E-state index < -0.39 is 17.5 Å². The van der Waals surface area contributed by atoms with Gasteiger partial charge in [0.2, 0.25) is 5.91 Å². The summed E-state index contributed by atoms with van der Waals surface area (Å²) in [6, 6.07) is 10.4. The molecule has 128 valence electrons. The van der Waals surface area contributed by atoms with Crippen LogP contribution in [0.1, 0.15) is 25.5 Å². The zero-order valence-corrected chi connectivity index (χ0v) is 14.2. The van der Waals surface area contributed by atoms with Crippen molar-refractivity contribution in [3.05, 3.63) is 64.7 Å². The Bertz CT molecular complexity index is 705. The van der Waals surface area contributed by atoms with Gasteiger partial charge >= 0.3 is 0 Å². The highest BCUT2D eigenvalue weighted by Crippen LogP contribution is 2.23. The van der Waals surface area contributed by atoms with Gasteiger partial charge in [-0.1, -0.05) is 37.6 Å². The number of nitrogens with one attached hydrogen (secondary N) is 2. The van der Waals surface area contributed by atoms with Crippen LogP contribution in [-0.4, -0.2) is 12.5 Å². The maximum atomic E-state index is 13.6. The Morgan fingerprint density at radius 1 is 1.12 bits per heavy atom. The molecular weight excluding hydrogens is 334 g/mol. The highest BCUT2D eigenvalue weighted by atomic mass is 35.5. The zero-order chi connectivity index (χ0) is 17.7. The van der Waals surface area contributed by atoms with Gasteiger partial charge in [-0.25, -0.2) is 8.78 Å². The molecule has 0 aliphatic rings. The lowest BCUT2D eigenvalue weighted by atomic mass is 9.96.